The number of piperazine rings is 1. The first kappa shape index (κ1) is 30.8. The van der Waals surface area contributed by atoms with Gasteiger partial charge in [0.15, 0.2) is 0 Å². The lowest BCUT2D eigenvalue weighted by molar-refractivity contribution is -0.192. The molecule has 0 radical (unpaired) electrons. The molecular weight excluding hydrogens is 599 g/mol. The Bertz CT molecular complexity index is 1460. The van der Waals surface area contributed by atoms with Crippen molar-refractivity contribution >= 4 is 58.0 Å². The molecule has 3 amide bonds. The number of carboxylic acid groups (broad SMARTS) is 1. The van der Waals surface area contributed by atoms with Gasteiger partial charge in [0.05, 0.1) is 9.21 Å². The van der Waals surface area contributed by atoms with Crippen LogP contribution in [-0.2, 0) is 16.1 Å². The number of amides is 3. The molecule has 10 nitrogen and oxygen atoms in total. The molecule has 42 heavy (non-hydrogen) atoms. The third kappa shape index (κ3) is 7.56. The number of halogens is 4. The number of thiophene rings is 1. The van der Waals surface area contributed by atoms with Crippen molar-refractivity contribution in [1.82, 2.24) is 14.8 Å². The van der Waals surface area contributed by atoms with E-state index in [9.17, 15) is 27.6 Å². The number of carboxylic acids is 1. The lowest BCUT2D eigenvalue weighted by Crippen LogP contribution is -2.49. The van der Waals surface area contributed by atoms with Crippen LogP contribution in [0.3, 0.4) is 0 Å². The number of aliphatic carboxylic acids is 1. The summed E-state index contributed by atoms with van der Waals surface area (Å²) in [6.45, 7) is 3.53. The van der Waals surface area contributed by atoms with Crippen LogP contribution in [0.4, 0.5) is 24.5 Å². The van der Waals surface area contributed by atoms with Gasteiger partial charge in [-0.3, -0.25) is 19.4 Å². The van der Waals surface area contributed by atoms with Crippen LogP contribution in [0.2, 0.25) is 4.34 Å². The Balaban J connectivity index is 0.000000517. The van der Waals surface area contributed by atoms with Crippen molar-refractivity contribution in [3.8, 4) is 0 Å². The summed E-state index contributed by atoms with van der Waals surface area (Å²) in [7, 11) is 0. The number of benzene rings is 1. The summed E-state index contributed by atoms with van der Waals surface area (Å²) in [5.41, 5.74) is 3.04. The number of aromatic nitrogens is 1. The Kier molecular flexibility index (Phi) is 9.68. The summed E-state index contributed by atoms with van der Waals surface area (Å²) in [4.78, 5) is 57.6. The first-order chi connectivity index (χ1) is 19.9. The van der Waals surface area contributed by atoms with Gasteiger partial charge < -0.3 is 25.1 Å². The van der Waals surface area contributed by atoms with E-state index in [4.69, 9.17) is 21.5 Å². The maximum absolute atomic E-state index is 13.0. The molecule has 1 fully saturated rings. The summed E-state index contributed by atoms with van der Waals surface area (Å²) in [6, 6.07) is 12.6. The molecule has 15 heteroatoms. The summed E-state index contributed by atoms with van der Waals surface area (Å²) in [5.74, 6) is -3.09. The standard InChI is InChI=1S/C25H24ClN5O3S.C2HF3O2/c26-22-5-4-21(35-22)24(33)28-20-3-1-2-18-19(20)16-31(25(18)34)11-8-23(32)30-14-12-29(13-15-30)17-6-9-27-10-7-17;3-2(4,5)1(6)7/h1-7,9-10H,8,11-16H2,(H,28,33);(H,6,7). The van der Waals surface area contributed by atoms with Crippen molar-refractivity contribution in [3.63, 3.8) is 0 Å². The molecule has 0 spiro atoms. The Morgan fingerprint density at radius 1 is 1.02 bits per heavy atom. The van der Waals surface area contributed by atoms with E-state index in [-0.39, 0.29) is 24.1 Å². The third-order valence-corrected chi connectivity index (χ3v) is 7.82. The number of nitrogens with zero attached hydrogens (tertiary/aromatic N) is 4. The van der Waals surface area contributed by atoms with Crippen molar-refractivity contribution < 1.29 is 37.5 Å². The zero-order valence-electron chi connectivity index (χ0n) is 21.9. The SMILES string of the molecule is O=C(Nc1cccc2c1CN(CCC(=O)N1CCN(c3ccncc3)CC1)C2=O)c1ccc(Cl)s1.O=C(O)C(F)(F)F. The molecular formula is C27H25ClF3N5O5S. The van der Waals surface area contributed by atoms with Gasteiger partial charge in [-0.05, 0) is 36.4 Å². The second-order valence-corrected chi connectivity index (χ2v) is 11.0. The molecule has 0 atom stereocenters. The molecule has 2 aliphatic heterocycles. The smallest absolute Gasteiger partial charge is 0.475 e. The fourth-order valence-electron chi connectivity index (χ4n) is 4.47. The first-order valence-electron chi connectivity index (χ1n) is 12.6. The lowest BCUT2D eigenvalue weighted by atomic mass is 10.1. The van der Waals surface area contributed by atoms with Gasteiger partial charge in [0.25, 0.3) is 11.8 Å². The molecule has 0 bridgehead atoms. The lowest BCUT2D eigenvalue weighted by Gasteiger charge is -2.36. The molecule has 222 valence electrons. The average Bonchev–Trinajstić information content (AvgIpc) is 3.55. The second-order valence-electron chi connectivity index (χ2n) is 9.24. The van der Waals surface area contributed by atoms with Crippen LogP contribution in [0, 0.1) is 0 Å². The topological polar surface area (TPSA) is 123 Å². The zero-order chi connectivity index (χ0) is 30.4. The highest BCUT2D eigenvalue weighted by Crippen LogP contribution is 2.31. The van der Waals surface area contributed by atoms with Crippen LogP contribution in [0.15, 0.2) is 54.9 Å². The molecule has 4 heterocycles. The Hall–Kier alpha value is -4.17. The van der Waals surface area contributed by atoms with Crippen LogP contribution >= 0.6 is 22.9 Å². The van der Waals surface area contributed by atoms with Crippen molar-refractivity contribution in [3.05, 3.63) is 75.2 Å². The molecule has 0 saturated carbocycles. The van der Waals surface area contributed by atoms with Gasteiger partial charge in [-0.25, -0.2) is 4.79 Å². The molecule has 0 aliphatic carbocycles. The Labute approximate surface area is 247 Å². The summed E-state index contributed by atoms with van der Waals surface area (Å²) < 4.78 is 32.3. The fourth-order valence-corrected chi connectivity index (χ4v) is 5.40. The van der Waals surface area contributed by atoms with Gasteiger partial charge in [0.2, 0.25) is 5.91 Å². The Morgan fingerprint density at radius 2 is 1.69 bits per heavy atom. The van der Waals surface area contributed by atoms with E-state index in [1.165, 1.54) is 11.3 Å². The number of fused-ring (bicyclic) bond motifs is 1. The highest BCUT2D eigenvalue weighted by molar-refractivity contribution is 7.18. The highest BCUT2D eigenvalue weighted by Gasteiger charge is 2.38. The van der Waals surface area contributed by atoms with Crippen molar-refractivity contribution in [2.75, 3.05) is 42.9 Å². The number of anilines is 2. The summed E-state index contributed by atoms with van der Waals surface area (Å²) >= 11 is 7.14. The normalized spacial score (nSPS) is 14.7. The van der Waals surface area contributed by atoms with E-state index >= 15 is 0 Å². The van der Waals surface area contributed by atoms with Crippen LogP contribution in [0.25, 0.3) is 0 Å². The largest absolute Gasteiger partial charge is 0.490 e. The minimum Gasteiger partial charge on any atom is -0.475 e. The van der Waals surface area contributed by atoms with E-state index < -0.39 is 12.1 Å². The molecule has 2 aliphatic rings. The monoisotopic (exact) mass is 623 g/mol. The maximum atomic E-state index is 13.0. The van der Waals surface area contributed by atoms with E-state index in [0.29, 0.717) is 46.6 Å². The zero-order valence-corrected chi connectivity index (χ0v) is 23.5. The van der Waals surface area contributed by atoms with Gasteiger partial charge in [-0.1, -0.05) is 17.7 Å². The van der Waals surface area contributed by atoms with Gasteiger partial charge in [0, 0.05) is 80.6 Å². The molecule has 3 aromatic rings. The number of carbonyl (C=O) groups is 4. The summed E-state index contributed by atoms with van der Waals surface area (Å²) in [6.07, 6.45) is -1.27. The molecule has 1 aromatic carbocycles. The van der Waals surface area contributed by atoms with Gasteiger partial charge >= 0.3 is 12.1 Å². The third-order valence-electron chi connectivity index (χ3n) is 6.59. The van der Waals surface area contributed by atoms with E-state index in [1.54, 1.807) is 47.6 Å². The van der Waals surface area contributed by atoms with Crippen LogP contribution in [-0.4, -0.2) is 82.5 Å². The molecule has 2 N–H and O–H groups in total. The van der Waals surface area contributed by atoms with Crippen molar-refractivity contribution in [1.29, 1.82) is 0 Å². The van der Waals surface area contributed by atoms with Crippen LogP contribution in [0.5, 0.6) is 0 Å². The van der Waals surface area contributed by atoms with Crippen molar-refractivity contribution in [2.24, 2.45) is 0 Å². The number of pyridine rings is 1. The highest BCUT2D eigenvalue weighted by atomic mass is 35.5. The first-order valence-corrected chi connectivity index (χ1v) is 13.8. The minimum atomic E-state index is -5.08. The number of carbonyl (C=O) groups excluding carboxylic acids is 3. The van der Waals surface area contributed by atoms with E-state index in [1.807, 2.05) is 17.0 Å². The van der Waals surface area contributed by atoms with Gasteiger partial charge in [-0.15, -0.1) is 11.3 Å². The summed E-state index contributed by atoms with van der Waals surface area (Å²) in [5, 5.41) is 10.0. The molecule has 1 saturated heterocycles. The number of hydrogen-bond donors (Lipinski definition) is 2. The van der Waals surface area contributed by atoms with E-state index in [0.717, 1.165) is 24.3 Å². The maximum Gasteiger partial charge on any atom is 0.490 e. The predicted molar refractivity (Wildman–Crippen MR) is 150 cm³/mol. The number of nitrogens with one attached hydrogen (secondary N) is 1. The Morgan fingerprint density at radius 3 is 2.29 bits per heavy atom. The fraction of sp³-hybridized carbons (Fsp3) is 0.296. The average molecular weight is 624 g/mol. The predicted octanol–water partition coefficient (Wildman–Crippen LogP) is 4.38. The number of hydrogen-bond acceptors (Lipinski definition) is 7. The second kappa shape index (κ2) is 13.2. The van der Waals surface area contributed by atoms with Crippen LogP contribution in [0.1, 0.15) is 32.0 Å². The van der Waals surface area contributed by atoms with Crippen LogP contribution < -0.4 is 10.2 Å². The van der Waals surface area contributed by atoms with E-state index in [2.05, 4.69) is 15.2 Å². The van der Waals surface area contributed by atoms with Crippen molar-refractivity contribution in [2.45, 2.75) is 19.1 Å². The quantitative estimate of drug-likeness (QED) is 0.418. The molecule has 0 unspecified atom stereocenters. The number of alkyl halides is 3. The number of rotatable bonds is 6. The van der Waals surface area contributed by atoms with Gasteiger partial charge in [0.1, 0.15) is 0 Å². The molecule has 5 rings (SSSR count). The van der Waals surface area contributed by atoms with Gasteiger partial charge in [-0.2, -0.15) is 13.2 Å². The molecule has 2 aromatic heterocycles. The minimum absolute atomic E-state index is 0.0474.